The van der Waals surface area contributed by atoms with Gasteiger partial charge in [-0.2, -0.15) is 0 Å². The highest BCUT2D eigenvalue weighted by Gasteiger charge is 2.36. The van der Waals surface area contributed by atoms with Crippen molar-refractivity contribution < 1.29 is 23.5 Å². The molecule has 3 aromatic carbocycles. The summed E-state index contributed by atoms with van der Waals surface area (Å²) in [6.45, 7) is 2.18. The van der Waals surface area contributed by atoms with Crippen LogP contribution in [-0.4, -0.2) is 35.1 Å². The van der Waals surface area contributed by atoms with Gasteiger partial charge >= 0.3 is 0 Å². The highest BCUT2D eigenvalue weighted by atomic mass is 32.2. The highest BCUT2D eigenvalue weighted by Crippen LogP contribution is 2.36. The number of ether oxygens (including phenoxy) is 1. The van der Waals surface area contributed by atoms with Crippen LogP contribution in [0.2, 0.25) is 0 Å². The SMILES string of the molecule is CCCCOc1ccc2ccccc2c1/C=C1\SC(=O)N(CC(=O)Nc2ccc(F)cc2)C1=O. The summed E-state index contributed by atoms with van der Waals surface area (Å²) in [5.41, 5.74) is 1.09. The number of hydrogen-bond donors (Lipinski definition) is 1. The molecule has 8 heteroatoms. The van der Waals surface area contributed by atoms with Gasteiger partial charge in [-0.25, -0.2) is 4.39 Å². The molecular weight excluding hydrogens is 455 g/mol. The first-order valence-electron chi connectivity index (χ1n) is 10.9. The Balaban J connectivity index is 1.57. The maximum atomic E-state index is 13.1. The van der Waals surface area contributed by atoms with Crippen LogP contribution in [0.15, 0.2) is 65.6 Å². The first kappa shape index (κ1) is 23.5. The summed E-state index contributed by atoms with van der Waals surface area (Å²) >= 11 is 0.786. The van der Waals surface area contributed by atoms with Gasteiger partial charge in [0.25, 0.3) is 11.1 Å². The first-order valence-corrected chi connectivity index (χ1v) is 11.7. The summed E-state index contributed by atoms with van der Waals surface area (Å²) in [6, 6.07) is 16.8. The molecule has 4 rings (SSSR count). The minimum atomic E-state index is -0.552. The van der Waals surface area contributed by atoms with E-state index in [1.54, 1.807) is 6.08 Å². The Morgan fingerprint density at radius 3 is 2.62 bits per heavy atom. The summed E-state index contributed by atoms with van der Waals surface area (Å²) in [5, 5.41) is 3.92. The van der Waals surface area contributed by atoms with Gasteiger partial charge in [0.1, 0.15) is 18.1 Å². The Hall–Kier alpha value is -3.65. The monoisotopic (exact) mass is 478 g/mol. The molecule has 1 fully saturated rings. The van der Waals surface area contributed by atoms with E-state index < -0.39 is 29.4 Å². The second kappa shape index (κ2) is 10.5. The van der Waals surface area contributed by atoms with Gasteiger partial charge in [0.2, 0.25) is 5.91 Å². The van der Waals surface area contributed by atoms with Crippen LogP contribution in [0.3, 0.4) is 0 Å². The molecule has 1 saturated heterocycles. The smallest absolute Gasteiger partial charge is 0.294 e. The van der Waals surface area contributed by atoms with Gasteiger partial charge in [0, 0.05) is 11.3 Å². The summed E-state index contributed by atoms with van der Waals surface area (Å²) in [6.07, 6.45) is 3.54. The van der Waals surface area contributed by atoms with Crippen LogP contribution in [0.5, 0.6) is 5.75 Å². The number of rotatable bonds is 8. The number of imide groups is 1. The van der Waals surface area contributed by atoms with Gasteiger partial charge in [-0.1, -0.05) is 43.7 Å². The number of amides is 3. The van der Waals surface area contributed by atoms with Gasteiger partial charge in [-0.3, -0.25) is 19.3 Å². The van der Waals surface area contributed by atoms with E-state index in [2.05, 4.69) is 12.2 Å². The molecule has 1 N–H and O–H groups in total. The van der Waals surface area contributed by atoms with Crippen molar-refractivity contribution in [3.8, 4) is 5.75 Å². The summed E-state index contributed by atoms with van der Waals surface area (Å²) in [4.78, 5) is 39.1. The molecule has 0 atom stereocenters. The van der Waals surface area contributed by atoms with Crippen LogP contribution in [0.25, 0.3) is 16.8 Å². The Kier molecular flexibility index (Phi) is 7.27. The molecule has 0 radical (unpaired) electrons. The van der Waals surface area contributed by atoms with Crippen molar-refractivity contribution in [2.24, 2.45) is 0 Å². The predicted molar refractivity (Wildman–Crippen MR) is 132 cm³/mol. The minimum absolute atomic E-state index is 0.219. The van der Waals surface area contributed by atoms with Crippen molar-refractivity contribution in [2.45, 2.75) is 19.8 Å². The third kappa shape index (κ3) is 5.28. The molecule has 174 valence electrons. The normalized spacial score (nSPS) is 14.8. The zero-order valence-corrected chi connectivity index (χ0v) is 19.4. The van der Waals surface area contributed by atoms with Gasteiger partial charge < -0.3 is 10.1 Å². The second-order valence-corrected chi connectivity index (χ2v) is 8.72. The summed E-state index contributed by atoms with van der Waals surface area (Å²) in [5.74, 6) is -0.894. The van der Waals surface area contributed by atoms with Gasteiger partial charge in [-0.05, 0) is 65.4 Å². The molecular formula is C26H23FN2O4S. The van der Waals surface area contributed by atoms with Crippen molar-refractivity contribution in [1.82, 2.24) is 4.90 Å². The van der Waals surface area contributed by atoms with Crippen molar-refractivity contribution in [3.05, 3.63) is 76.9 Å². The number of nitrogens with one attached hydrogen (secondary N) is 1. The van der Waals surface area contributed by atoms with E-state index >= 15 is 0 Å². The molecule has 0 bridgehead atoms. The molecule has 3 aromatic rings. The standard InChI is InChI=1S/C26H23FN2O4S/c1-2-3-14-33-22-13-8-17-6-4-5-7-20(17)21(22)15-23-25(31)29(26(32)34-23)16-24(30)28-19-11-9-18(27)10-12-19/h4-13,15H,2-3,14,16H2,1H3,(H,28,30)/b23-15-. The number of fused-ring (bicyclic) bond motifs is 1. The molecule has 0 aliphatic carbocycles. The van der Waals surface area contributed by atoms with Crippen LogP contribution in [0.4, 0.5) is 14.9 Å². The van der Waals surface area contributed by atoms with E-state index in [4.69, 9.17) is 4.74 Å². The quantitative estimate of drug-likeness (QED) is 0.326. The molecule has 6 nitrogen and oxygen atoms in total. The average Bonchev–Trinajstić information content (AvgIpc) is 3.09. The van der Waals surface area contributed by atoms with E-state index in [-0.39, 0.29) is 4.91 Å². The number of carbonyl (C=O) groups excluding carboxylic acids is 3. The number of carbonyl (C=O) groups is 3. The van der Waals surface area contributed by atoms with Gasteiger partial charge in [0.15, 0.2) is 0 Å². The number of benzene rings is 3. The Morgan fingerprint density at radius 1 is 1.09 bits per heavy atom. The lowest BCUT2D eigenvalue weighted by Gasteiger charge is -2.13. The molecule has 0 unspecified atom stereocenters. The van der Waals surface area contributed by atoms with Crippen LogP contribution in [0.1, 0.15) is 25.3 Å². The molecule has 3 amide bonds. The Morgan fingerprint density at radius 2 is 1.85 bits per heavy atom. The lowest BCUT2D eigenvalue weighted by atomic mass is 10.0. The first-order chi connectivity index (χ1) is 16.5. The maximum Gasteiger partial charge on any atom is 0.294 e. The Bertz CT molecular complexity index is 1270. The molecule has 0 aromatic heterocycles. The number of hydrogen-bond acceptors (Lipinski definition) is 5. The zero-order valence-electron chi connectivity index (χ0n) is 18.5. The molecule has 1 heterocycles. The topological polar surface area (TPSA) is 75.7 Å². The zero-order chi connectivity index (χ0) is 24.1. The van der Waals surface area contributed by atoms with Gasteiger partial charge in [0.05, 0.1) is 11.5 Å². The molecule has 0 spiro atoms. The van der Waals surface area contributed by atoms with Crippen molar-refractivity contribution >= 4 is 51.4 Å². The fraction of sp³-hybridized carbons (Fsp3) is 0.192. The number of nitrogens with zero attached hydrogens (tertiary/aromatic N) is 1. The molecule has 1 aliphatic rings. The summed E-state index contributed by atoms with van der Waals surface area (Å²) < 4.78 is 19.0. The number of anilines is 1. The third-order valence-electron chi connectivity index (χ3n) is 5.26. The minimum Gasteiger partial charge on any atom is -0.493 e. The lowest BCUT2D eigenvalue weighted by molar-refractivity contribution is -0.127. The largest absolute Gasteiger partial charge is 0.493 e. The van der Waals surface area contributed by atoms with Crippen LogP contribution in [0, 0.1) is 5.82 Å². The van der Waals surface area contributed by atoms with Crippen LogP contribution >= 0.6 is 11.8 Å². The third-order valence-corrected chi connectivity index (χ3v) is 6.17. The van der Waals surface area contributed by atoms with Crippen molar-refractivity contribution in [3.63, 3.8) is 0 Å². The fourth-order valence-corrected chi connectivity index (χ4v) is 4.34. The predicted octanol–water partition coefficient (Wildman–Crippen LogP) is 5.83. The van der Waals surface area contributed by atoms with E-state index in [0.717, 1.165) is 45.8 Å². The average molecular weight is 479 g/mol. The number of unbranched alkanes of at least 4 members (excludes halogenated alkanes) is 1. The van der Waals surface area contributed by atoms with E-state index in [1.165, 1.54) is 24.3 Å². The van der Waals surface area contributed by atoms with E-state index in [9.17, 15) is 18.8 Å². The van der Waals surface area contributed by atoms with Crippen LogP contribution in [-0.2, 0) is 9.59 Å². The number of halogens is 1. The number of thioether (sulfide) groups is 1. The van der Waals surface area contributed by atoms with E-state index in [0.29, 0.717) is 18.0 Å². The van der Waals surface area contributed by atoms with E-state index in [1.807, 2.05) is 36.4 Å². The fourth-order valence-electron chi connectivity index (χ4n) is 3.52. The van der Waals surface area contributed by atoms with Crippen LogP contribution < -0.4 is 10.1 Å². The second-order valence-electron chi connectivity index (χ2n) is 7.72. The highest BCUT2D eigenvalue weighted by molar-refractivity contribution is 8.18. The van der Waals surface area contributed by atoms with Crippen molar-refractivity contribution in [1.29, 1.82) is 0 Å². The molecule has 34 heavy (non-hydrogen) atoms. The maximum absolute atomic E-state index is 13.1. The lowest BCUT2D eigenvalue weighted by Crippen LogP contribution is -2.36. The Labute approximate surface area is 200 Å². The van der Waals surface area contributed by atoms with Crippen molar-refractivity contribution in [2.75, 3.05) is 18.5 Å². The molecule has 0 saturated carbocycles. The van der Waals surface area contributed by atoms with Gasteiger partial charge in [-0.15, -0.1) is 0 Å². The summed E-state index contributed by atoms with van der Waals surface area (Å²) in [7, 11) is 0. The molecule has 1 aliphatic heterocycles.